The van der Waals surface area contributed by atoms with E-state index in [1.165, 1.54) is 0 Å². The largest absolute Gasteiger partial charge is 0.384 e. The lowest BCUT2D eigenvalue weighted by Crippen LogP contribution is -2.00. The van der Waals surface area contributed by atoms with Crippen molar-refractivity contribution >= 4 is 22.5 Å². The zero-order valence-electron chi connectivity index (χ0n) is 11.0. The van der Waals surface area contributed by atoms with E-state index < -0.39 is 6.10 Å². The van der Waals surface area contributed by atoms with Crippen LogP contribution in [0.15, 0.2) is 54.7 Å². The van der Waals surface area contributed by atoms with Gasteiger partial charge in [0.15, 0.2) is 0 Å². The van der Waals surface area contributed by atoms with E-state index in [0.29, 0.717) is 5.02 Å². The van der Waals surface area contributed by atoms with Crippen molar-refractivity contribution in [3.8, 4) is 0 Å². The molecule has 0 saturated heterocycles. The molecular formula is C17H14ClNO. The summed E-state index contributed by atoms with van der Waals surface area (Å²) in [5.41, 5.74) is 3.60. The van der Waals surface area contributed by atoms with Crippen molar-refractivity contribution in [1.82, 2.24) is 4.98 Å². The molecule has 0 aliphatic heterocycles. The summed E-state index contributed by atoms with van der Waals surface area (Å²) >= 11 is 6.06. The van der Waals surface area contributed by atoms with Crippen molar-refractivity contribution in [2.24, 2.45) is 0 Å². The second kappa shape index (κ2) is 5.23. The van der Waals surface area contributed by atoms with Crippen molar-refractivity contribution < 1.29 is 5.11 Å². The first-order chi connectivity index (χ1) is 9.63. The maximum absolute atomic E-state index is 10.5. The van der Waals surface area contributed by atoms with Gasteiger partial charge in [-0.3, -0.25) is 4.98 Å². The number of halogens is 1. The summed E-state index contributed by atoms with van der Waals surface area (Å²) in [5, 5.41) is 12.2. The van der Waals surface area contributed by atoms with Gasteiger partial charge in [0.25, 0.3) is 0 Å². The number of fused-ring (bicyclic) bond motifs is 1. The third-order valence-electron chi connectivity index (χ3n) is 3.32. The third-order valence-corrected chi connectivity index (χ3v) is 3.54. The van der Waals surface area contributed by atoms with Gasteiger partial charge in [-0.05, 0) is 53.9 Å². The molecule has 1 heterocycles. The van der Waals surface area contributed by atoms with Gasteiger partial charge in [-0.2, -0.15) is 0 Å². The van der Waals surface area contributed by atoms with E-state index in [0.717, 1.165) is 27.6 Å². The molecule has 100 valence electrons. The minimum atomic E-state index is -0.683. The van der Waals surface area contributed by atoms with Crippen molar-refractivity contribution in [2.75, 3.05) is 0 Å². The quantitative estimate of drug-likeness (QED) is 0.761. The standard InChI is InChI=1S/C17H14ClNO/c1-11-7-14(10-15(18)8-11)17(20)13-4-5-16-12(9-13)3-2-6-19-16/h2-10,17,20H,1H3. The first-order valence-corrected chi connectivity index (χ1v) is 6.81. The minimum absolute atomic E-state index is 0.640. The van der Waals surface area contributed by atoms with Crippen LogP contribution in [0.3, 0.4) is 0 Å². The van der Waals surface area contributed by atoms with Gasteiger partial charge in [0.05, 0.1) is 5.52 Å². The number of hydrogen-bond donors (Lipinski definition) is 1. The summed E-state index contributed by atoms with van der Waals surface area (Å²) in [4.78, 5) is 4.28. The Bertz CT molecular complexity index is 750. The molecule has 0 aliphatic carbocycles. The van der Waals surface area contributed by atoms with Gasteiger partial charge in [0, 0.05) is 16.6 Å². The van der Waals surface area contributed by atoms with Gasteiger partial charge >= 0.3 is 0 Å². The van der Waals surface area contributed by atoms with Gasteiger partial charge in [0.2, 0.25) is 0 Å². The summed E-state index contributed by atoms with van der Waals surface area (Å²) in [5.74, 6) is 0. The highest BCUT2D eigenvalue weighted by Gasteiger charge is 2.12. The zero-order valence-corrected chi connectivity index (χ0v) is 11.8. The monoisotopic (exact) mass is 283 g/mol. The fraction of sp³-hybridized carbons (Fsp3) is 0.118. The number of pyridine rings is 1. The normalized spacial score (nSPS) is 12.6. The highest BCUT2D eigenvalue weighted by molar-refractivity contribution is 6.30. The summed E-state index contributed by atoms with van der Waals surface area (Å²) in [6, 6.07) is 15.3. The van der Waals surface area contributed by atoms with Gasteiger partial charge in [-0.25, -0.2) is 0 Å². The first kappa shape index (κ1) is 13.1. The molecule has 1 aromatic heterocycles. The Hall–Kier alpha value is -1.90. The smallest absolute Gasteiger partial charge is 0.104 e. The van der Waals surface area contributed by atoms with E-state index in [4.69, 9.17) is 11.6 Å². The summed E-state index contributed by atoms with van der Waals surface area (Å²) in [7, 11) is 0. The van der Waals surface area contributed by atoms with Crippen LogP contribution >= 0.6 is 11.6 Å². The number of aliphatic hydroxyl groups excluding tert-OH is 1. The molecule has 2 aromatic carbocycles. The van der Waals surface area contributed by atoms with E-state index in [2.05, 4.69) is 4.98 Å². The molecule has 0 fully saturated rings. The third kappa shape index (κ3) is 2.53. The topological polar surface area (TPSA) is 33.1 Å². The van der Waals surface area contributed by atoms with Crippen molar-refractivity contribution in [2.45, 2.75) is 13.0 Å². The van der Waals surface area contributed by atoms with Crippen LogP contribution in [0, 0.1) is 6.92 Å². The Kier molecular flexibility index (Phi) is 3.43. The van der Waals surface area contributed by atoms with Gasteiger partial charge < -0.3 is 5.11 Å². The average Bonchev–Trinajstić information content (AvgIpc) is 2.45. The van der Waals surface area contributed by atoms with Crippen molar-refractivity contribution in [3.05, 3.63) is 76.4 Å². The van der Waals surface area contributed by atoms with E-state index >= 15 is 0 Å². The SMILES string of the molecule is Cc1cc(Cl)cc(C(O)c2ccc3ncccc3c2)c1. The predicted octanol–water partition coefficient (Wildman–Crippen LogP) is 4.28. The maximum atomic E-state index is 10.5. The van der Waals surface area contributed by atoms with Crippen LogP contribution in [-0.4, -0.2) is 10.1 Å². The molecule has 2 nitrogen and oxygen atoms in total. The number of nitrogens with zero attached hydrogens (tertiary/aromatic N) is 1. The second-order valence-corrected chi connectivity index (χ2v) is 5.36. The number of aliphatic hydroxyl groups is 1. The Labute approximate surface area is 122 Å². The second-order valence-electron chi connectivity index (χ2n) is 4.92. The molecule has 0 radical (unpaired) electrons. The highest BCUT2D eigenvalue weighted by Crippen LogP contribution is 2.27. The average molecular weight is 284 g/mol. The predicted molar refractivity (Wildman–Crippen MR) is 82.0 cm³/mol. The first-order valence-electron chi connectivity index (χ1n) is 6.43. The molecule has 1 atom stereocenters. The molecule has 0 aliphatic rings. The number of aryl methyl sites for hydroxylation is 1. The molecule has 3 rings (SSSR count). The number of rotatable bonds is 2. The van der Waals surface area contributed by atoms with Crippen molar-refractivity contribution in [1.29, 1.82) is 0 Å². The van der Waals surface area contributed by atoms with Crippen LogP contribution in [0.5, 0.6) is 0 Å². The van der Waals surface area contributed by atoms with Crippen LogP contribution in [0.2, 0.25) is 5.02 Å². The van der Waals surface area contributed by atoms with E-state index in [-0.39, 0.29) is 0 Å². The lowest BCUT2D eigenvalue weighted by atomic mass is 9.98. The maximum Gasteiger partial charge on any atom is 0.104 e. The number of hydrogen-bond acceptors (Lipinski definition) is 2. The van der Waals surface area contributed by atoms with E-state index in [1.54, 1.807) is 12.3 Å². The van der Waals surface area contributed by atoms with Crippen LogP contribution in [-0.2, 0) is 0 Å². The lowest BCUT2D eigenvalue weighted by molar-refractivity contribution is 0.220. The molecular weight excluding hydrogens is 270 g/mol. The summed E-state index contributed by atoms with van der Waals surface area (Å²) in [6.45, 7) is 1.96. The fourth-order valence-corrected chi connectivity index (χ4v) is 2.68. The van der Waals surface area contributed by atoms with Gasteiger partial charge in [-0.15, -0.1) is 0 Å². The van der Waals surface area contributed by atoms with Gasteiger partial charge in [0.1, 0.15) is 6.10 Å². The number of aromatic nitrogens is 1. The summed E-state index contributed by atoms with van der Waals surface area (Å²) in [6.07, 6.45) is 1.08. The molecule has 0 saturated carbocycles. The number of benzene rings is 2. The fourth-order valence-electron chi connectivity index (χ4n) is 2.38. The molecule has 0 amide bonds. The van der Waals surface area contributed by atoms with Crippen molar-refractivity contribution in [3.63, 3.8) is 0 Å². The molecule has 3 heteroatoms. The summed E-state index contributed by atoms with van der Waals surface area (Å²) < 4.78 is 0. The molecule has 0 spiro atoms. The highest BCUT2D eigenvalue weighted by atomic mass is 35.5. The Morgan fingerprint density at radius 3 is 2.70 bits per heavy atom. The molecule has 3 aromatic rings. The van der Waals surface area contributed by atoms with E-state index in [9.17, 15) is 5.11 Å². The minimum Gasteiger partial charge on any atom is -0.384 e. The van der Waals surface area contributed by atoms with Crippen LogP contribution in [0.1, 0.15) is 22.8 Å². The van der Waals surface area contributed by atoms with Crippen LogP contribution in [0.4, 0.5) is 0 Å². The van der Waals surface area contributed by atoms with Crippen LogP contribution in [0.25, 0.3) is 10.9 Å². The molecule has 1 N–H and O–H groups in total. The Balaban J connectivity index is 2.05. The lowest BCUT2D eigenvalue weighted by Gasteiger charge is -2.13. The van der Waals surface area contributed by atoms with E-state index in [1.807, 2.05) is 49.4 Å². The Morgan fingerprint density at radius 2 is 1.90 bits per heavy atom. The molecule has 20 heavy (non-hydrogen) atoms. The van der Waals surface area contributed by atoms with Gasteiger partial charge in [-0.1, -0.05) is 29.8 Å². The zero-order chi connectivity index (χ0) is 14.1. The molecule has 1 unspecified atom stereocenters. The molecule has 0 bridgehead atoms. The Morgan fingerprint density at radius 1 is 1.05 bits per heavy atom. The van der Waals surface area contributed by atoms with Crippen LogP contribution < -0.4 is 0 Å².